The summed E-state index contributed by atoms with van der Waals surface area (Å²) in [6.45, 7) is 3.40. The number of ether oxygens (including phenoxy) is 3. The topological polar surface area (TPSA) is 64.1 Å². The summed E-state index contributed by atoms with van der Waals surface area (Å²) in [5, 5.41) is 6.65. The lowest BCUT2D eigenvalue weighted by Gasteiger charge is -2.15. The van der Waals surface area contributed by atoms with Crippen LogP contribution in [0.2, 0.25) is 0 Å². The van der Waals surface area contributed by atoms with Crippen LogP contribution in [0.15, 0.2) is 41.4 Å². The quantitative estimate of drug-likeness (QED) is 0.331. The van der Waals surface area contributed by atoms with Gasteiger partial charge in [0.25, 0.3) is 0 Å². The molecule has 0 saturated carbocycles. The van der Waals surface area contributed by atoms with Crippen molar-refractivity contribution >= 4 is 29.9 Å². The zero-order chi connectivity index (χ0) is 19.6. The fourth-order valence-corrected chi connectivity index (χ4v) is 2.79. The Balaban J connectivity index is 0.00000392. The minimum absolute atomic E-state index is 0. The van der Waals surface area contributed by atoms with E-state index in [4.69, 9.17) is 14.2 Å². The van der Waals surface area contributed by atoms with Crippen molar-refractivity contribution in [3.8, 4) is 17.2 Å². The largest absolute Gasteiger partial charge is 0.497 e. The lowest BCUT2D eigenvalue weighted by molar-refractivity contribution is 0.398. The second-order valence-corrected chi connectivity index (χ2v) is 6.10. The van der Waals surface area contributed by atoms with Gasteiger partial charge in [-0.1, -0.05) is 12.1 Å². The smallest absolute Gasteiger partial charge is 0.191 e. The molecule has 0 aliphatic heterocycles. The first kappa shape index (κ1) is 23.9. The summed E-state index contributed by atoms with van der Waals surface area (Å²) in [7, 11) is 6.78. The Morgan fingerprint density at radius 3 is 2.29 bits per heavy atom. The van der Waals surface area contributed by atoms with Crippen molar-refractivity contribution in [2.45, 2.75) is 19.9 Å². The van der Waals surface area contributed by atoms with Crippen LogP contribution in [0.1, 0.15) is 16.7 Å². The van der Waals surface area contributed by atoms with Crippen molar-refractivity contribution in [2.24, 2.45) is 4.99 Å². The maximum Gasteiger partial charge on any atom is 0.191 e. The predicted octanol–water partition coefficient (Wildman–Crippen LogP) is 3.55. The van der Waals surface area contributed by atoms with Gasteiger partial charge in [0.05, 0.1) is 21.3 Å². The predicted molar refractivity (Wildman–Crippen MR) is 125 cm³/mol. The van der Waals surface area contributed by atoms with Gasteiger partial charge in [0.1, 0.15) is 17.2 Å². The zero-order valence-corrected chi connectivity index (χ0v) is 19.5. The van der Waals surface area contributed by atoms with E-state index in [-0.39, 0.29) is 24.0 Å². The van der Waals surface area contributed by atoms with Crippen LogP contribution in [-0.4, -0.2) is 40.9 Å². The van der Waals surface area contributed by atoms with E-state index in [1.165, 1.54) is 5.56 Å². The molecule has 7 heteroatoms. The van der Waals surface area contributed by atoms with Crippen molar-refractivity contribution in [1.82, 2.24) is 10.6 Å². The molecule has 0 radical (unpaired) electrons. The molecule has 2 aromatic rings. The van der Waals surface area contributed by atoms with Crippen molar-refractivity contribution in [2.75, 3.05) is 34.9 Å². The van der Waals surface area contributed by atoms with Crippen molar-refractivity contribution in [3.63, 3.8) is 0 Å². The standard InChI is InChI=1S/C21H29N3O3.HI/c1-15-6-7-17(20(12-15)27-5)14-24-21(22-2)23-11-10-16-13-18(25-3)8-9-19(16)26-4;/h6-9,12-13H,10-11,14H2,1-5H3,(H2,22,23,24);1H. The van der Waals surface area contributed by atoms with Crippen LogP contribution < -0.4 is 24.8 Å². The molecular formula is C21H30IN3O3. The van der Waals surface area contributed by atoms with Gasteiger partial charge in [-0.05, 0) is 48.7 Å². The van der Waals surface area contributed by atoms with Crippen LogP contribution in [0.5, 0.6) is 17.2 Å². The normalized spacial score (nSPS) is 10.7. The highest BCUT2D eigenvalue weighted by molar-refractivity contribution is 14.0. The van der Waals surface area contributed by atoms with Gasteiger partial charge in [0.2, 0.25) is 0 Å². The molecule has 0 spiro atoms. The molecule has 2 aromatic carbocycles. The molecule has 0 aromatic heterocycles. The van der Waals surface area contributed by atoms with Crippen LogP contribution in [0, 0.1) is 6.92 Å². The molecule has 0 heterocycles. The van der Waals surface area contributed by atoms with E-state index >= 15 is 0 Å². The Morgan fingerprint density at radius 2 is 1.64 bits per heavy atom. The van der Waals surface area contributed by atoms with Gasteiger partial charge in [-0.2, -0.15) is 0 Å². The average Bonchev–Trinajstić information content (AvgIpc) is 2.70. The van der Waals surface area contributed by atoms with E-state index in [9.17, 15) is 0 Å². The van der Waals surface area contributed by atoms with E-state index < -0.39 is 0 Å². The number of methoxy groups -OCH3 is 3. The minimum atomic E-state index is 0. The van der Waals surface area contributed by atoms with E-state index in [0.29, 0.717) is 13.1 Å². The number of nitrogens with one attached hydrogen (secondary N) is 2. The third-order valence-corrected chi connectivity index (χ3v) is 4.29. The Kier molecular flexibility index (Phi) is 10.5. The SMILES string of the molecule is CN=C(NCCc1cc(OC)ccc1OC)NCc1ccc(C)cc1OC.I. The minimum Gasteiger partial charge on any atom is -0.497 e. The van der Waals surface area contributed by atoms with Gasteiger partial charge in [-0.25, -0.2) is 0 Å². The summed E-state index contributed by atoms with van der Waals surface area (Å²) in [5.41, 5.74) is 3.34. The highest BCUT2D eigenvalue weighted by Gasteiger charge is 2.07. The van der Waals surface area contributed by atoms with Gasteiger partial charge < -0.3 is 24.8 Å². The number of aliphatic imine (C=N–C) groups is 1. The highest BCUT2D eigenvalue weighted by Crippen LogP contribution is 2.24. The van der Waals surface area contributed by atoms with E-state index in [2.05, 4.69) is 27.8 Å². The summed E-state index contributed by atoms with van der Waals surface area (Å²) in [4.78, 5) is 4.28. The maximum atomic E-state index is 5.45. The van der Waals surface area contributed by atoms with Gasteiger partial charge in [0.15, 0.2) is 5.96 Å². The molecule has 0 unspecified atom stereocenters. The molecular weight excluding hydrogens is 469 g/mol. The summed E-state index contributed by atoms with van der Waals surface area (Å²) in [5.74, 6) is 3.28. The van der Waals surface area contributed by atoms with Crippen LogP contribution in [-0.2, 0) is 13.0 Å². The van der Waals surface area contributed by atoms with Crippen LogP contribution in [0.4, 0.5) is 0 Å². The molecule has 28 heavy (non-hydrogen) atoms. The third kappa shape index (κ3) is 6.78. The Bertz CT molecular complexity index is 781. The van der Waals surface area contributed by atoms with Gasteiger partial charge in [-0.3, -0.25) is 4.99 Å². The first-order valence-electron chi connectivity index (χ1n) is 8.90. The first-order chi connectivity index (χ1) is 13.1. The van der Waals surface area contributed by atoms with Gasteiger partial charge in [-0.15, -0.1) is 24.0 Å². The fourth-order valence-electron chi connectivity index (χ4n) is 2.79. The molecule has 0 saturated heterocycles. The molecule has 0 aliphatic carbocycles. The van der Waals surface area contributed by atoms with Crippen LogP contribution >= 0.6 is 24.0 Å². The number of halogens is 1. The second-order valence-electron chi connectivity index (χ2n) is 6.10. The molecule has 0 aliphatic rings. The molecule has 154 valence electrons. The molecule has 0 bridgehead atoms. The molecule has 6 nitrogen and oxygen atoms in total. The molecule has 0 atom stereocenters. The number of guanidine groups is 1. The fraction of sp³-hybridized carbons (Fsp3) is 0.381. The van der Waals surface area contributed by atoms with E-state index in [1.54, 1.807) is 28.4 Å². The monoisotopic (exact) mass is 499 g/mol. The lowest BCUT2D eigenvalue weighted by Crippen LogP contribution is -2.37. The number of hydrogen-bond donors (Lipinski definition) is 2. The van der Waals surface area contributed by atoms with Gasteiger partial charge in [0, 0.05) is 25.7 Å². The highest BCUT2D eigenvalue weighted by atomic mass is 127. The second kappa shape index (κ2) is 12.3. The number of aryl methyl sites for hydroxylation is 1. The Labute approximate surface area is 184 Å². The Morgan fingerprint density at radius 1 is 0.893 bits per heavy atom. The number of hydrogen-bond acceptors (Lipinski definition) is 4. The average molecular weight is 499 g/mol. The van der Waals surface area contributed by atoms with Crippen LogP contribution in [0.3, 0.4) is 0 Å². The number of rotatable bonds is 8. The van der Waals surface area contributed by atoms with Gasteiger partial charge >= 0.3 is 0 Å². The summed E-state index contributed by atoms with van der Waals surface area (Å²) < 4.78 is 16.2. The van der Waals surface area contributed by atoms with Crippen molar-refractivity contribution < 1.29 is 14.2 Å². The molecule has 0 amide bonds. The molecule has 2 rings (SSSR count). The Hall–Kier alpha value is -2.16. The van der Waals surface area contributed by atoms with Crippen molar-refractivity contribution in [3.05, 3.63) is 53.1 Å². The lowest BCUT2D eigenvalue weighted by atomic mass is 10.1. The summed E-state index contributed by atoms with van der Waals surface area (Å²) in [6, 6.07) is 12.0. The van der Waals surface area contributed by atoms with E-state index in [1.807, 2.05) is 31.2 Å². The van der Waals surface area contributed by atoms with Crippen molar-refractivity contribution in [1.29, 1.82) is 0 Å². The van der Waals surface area contributed by atoms with E-state index in [0.717, 1.165) is 40.8 Å². The molecule has 0 fully saturated rings. The summed E-state index contributed by atoms with van der Waals surface area (Å²) in [6.07, 6.45) is 0.787. The first-order valence-corrected chi connectivity index (χ1v) is 8.90. The molecule has 2 N–H and O–H groups in total. The summed E-state index contributed by atoms with van der Waals surface area (Å²) >= 11 is 0. The number of nitrogens with zero attached hydrogens (tertiary/aromatic N) is 1. The zero-order valence-electron chi connectivity index (χ0n) is 17.2. The number of benzene rings is 2. The maximum absolute atomic E-state index is 5.45. The van der Waals surface area contributed by atoms with Crippen LogP contribution in [0.25, 0.3) is 0 Å². The third-order valence-electron chi connectivity index (χ3n) is 4.29.